The summed E-state index contributed by atoms with van der Waals surface area (Å²) in [6.45, 7) is 0. The van der Waals surface area contributed by atoms with Gasteiger partial charge in [-0.3, -0.25) is 0 Å². The van der Waals surface area contributed by atoms with Gasteiger partial charge in [-0.1, -0.05) is 58.4 Å². The van der Waals surface area contributed by atoms with Gasteiger partial charge in [-0.15, -0.1) is 11.8 Å². The molecule has 3 rings (SSSR count). The van der Waals surface area contributed by atoms with Crippen molar-refractivity contribution in [2.24, 2.45) is 15.7 Å². The summed E-state index contributed by atoms with van der Waals surface area (Å²) in [6.07, 6.45) is 2.66. The molecule has 0 fully saturated rings. The highest BCUT2D eigenvalue weighted by molar-refractivity contribution is 9.10. The standard InChI is InChI=1S/C17H16BrN3S/c1-22-16-15(19)20-17(21-16,11-12-6-3-2-4-7-12)13-8-5-9-14(18)10-13/h2-10H,11H2,1H3,(H2,19,20). The average Bonchev–Trinajstić information content (AvgIpc) is 2.85. The summed E-state index contributed by atoms with van der Waals surface area (Å²) in [5, 5.41) is 0.802. The van der Waals surface area contributed by atoms with Crippen LogP contribution in [-0.2, 0) is 12.1 Å². The van der Waals surface area contributed by atoms with Crippen LogP contribution in [0.15, 0.2) is 69.1 Å². The minimum Gasteiger partial charge on any atom is -0.382 e. The molecule has 22 heavy (non-hydrogen) atoms. The van der Waals surface area contributed by atoms with Crippen LogP contribution in [0.5, 0.6) is 0 Å². The van der Waals surface area contributed by atoms with Gasteiger partial charge >= 0.3 is 0 Å². The second-order valence-electron chi connectivity index (χ2n) is 5.11. The molecule has 1 unspecified atom stereocenters. The van der Waals surface area contributed by atoms with E-state index in [1.807, 2.05) is 36.6 Å². The number of hydrogen-bond donors (Lipinski definition) is 1. The van der Waals surface area contributed by atoms with E-state index in [1.165, 1.54) is 17.3 Å². The van der Waals surface area contributed by atoms with Crippen molar-refractivity contribution in [2.75, 3.05) is 6.26 Å². The van der Waals surface area contributed by atoms with Gasteiger partial charge in [-0.05, 0) is 24.0 Å². The van der Waals surface area contributed by atoms with Gasteiger partial charge < -0.3 is 5.73 Å². The molecule has 5 heteroatoms. The van der Waals surface area contributed by atoms with Crippen molar-refractivity contribution in [3.05, 3.63) is 70.2 Å². The van der Waals surface area contributed by atoms with Crippen LogP contribution in [0, 0.1) is 0 Å². The molecule has 0 radical (unpaired) electrons. The molecule has 0 bridgehead atoms. The molecule has 2 N–H and O–H groups in total. The highest BCUT2D eigenvalue weighted by Crippen LogP contribution is 2.37. The van der Waals surface area contributed by atoms with Gasteiger partial charge in [0.2, 0.25) is 0 Å². The van der Waals surface area contributed by atoms with Gasteiger partial charge in [0.05, 0.1) is 0 Å². The number of thioether (sulfide) groups is 1. The van der Waals surface area contributed by atoms with Crippen LogP contribution >= 0.6 is 27.7 Å². The molecule has 0 aromatic heterocycles. The zero-order valence-corrected chi connectivity index (χ0v) is 14.6. The molecule has 1 aliphatic rings. The molecule has 0 amide bonds. The Morgan fingerprint density at radius 3 is 2.50 bits per heavy atom. The fraction of sp³-hybridized carbons (Fsp3) is 0.176. The third-order valence-corrected chi connectivity index (χ3v) is 4.77. The largest absolute Gasteiger partial charge is 0.382 e. The smallest absolute Gasteiger partial charge is 0.183 e. The fourth-order valence-electron chi connectivity index (χ4n) is 2.58. The van der Waals surface area contributed by atoms with Crippen LogP contribution in [0.2, 0.25) is 0 Å². The Morgan fingerprint density at radius 2 is 1.86 bits per heavy atom. The van der Waals surface area contributed by atoms with Crippen molar-refractivity contribution >= 4 is 38.6 Å². The number of hydrogen-bond acceptors (Lipinski definition) is 4. The molecule has 0 spiro atoms. The maximum Gasteiger partial charge on any atom is 0.183 e. The highest BCUT2D eigenvalue weighted by Gasteiger charge is 2.37. The lowest BCUT2D eigenvalue weighted by Gasteiger charge is -2.24. The molecule has 2 aromatic carbocycles. The lowest BCUT2D eigenvalue weighted by molar-refractivity contribution is 0.480. The van der Waals surface area contributed by atoms with Crippen molar-refractivity contribution < 1.29 is 0 Å². The number of rotatable bonds is 3. The van der Waals surface area contributed by atoms with Gasteiger partial charge in [0.1, 0.15) is 5.04 Å². The van der Waals surface area contributed by atoms with Crippen LogP contribution in [0.4, 0.5) is 0 Å². The summed E-state index contributed by atoms with van der Waals surface area (Å²) in [7, 11) is 0. The fourth-order valence-corrected chi connectivity index (χ4v) is 3.47. The zero-order chi connectivity index (χ0) is 15.6. The van der Waals surface area contributed by atoms with Gasteiger partial charge in [0.25, 0.3) is 0 Å². The lowest BCUT2D eigenvalue weighted by atomic mass is 9.93. The van der Waals surface area contributed by atoms with E-state index in [9.17, 15) is 0 Å². The summed E-state index contributed by atoms with van der Waals surface area (Å²) in [4.78, 5) is 9.58. The molecule has 1 heterocycles. The molecule has 3 nitrogen and oxygen atoms in total. The van der Waals surface area contributed by atoms with E-state index in [0.717, 1.165) is 15.1 Å². The Morgan fingerprint density at radius 1 is 1.09 bits per heavy atom. The minimum absolute atomic E-state index is 0.517. The maximum absolute atomic E-state index is 6.08. The number of halogens is 1. The quantitative estimate of drug-likeness (QED) is 0.884. The van der Waals surface area contributed by atoms with Crippen LogP contribution in [-0.4, -0.2) is 17.1 Å². The molecular formula is C17H16BrN3S. The van der Waals surface area contributed by atoms with E-state index in [1.54, 1.807) is 0 Å². The lowest BCUT2D eigenvalue weighted by Crippen LogP contribution is -2.23. The molecule has 1 atom stereocenters. The number of benzene rings is 2. The first-order valence-electron chi connectivity index (χ1n) is 6.92. The van der Waals surface area contributed by atoms with E-state index in [4.69, 9.17) is 15.7 Å². The van der Waals surface area contributed by atoms with Crippen LogP contribution < -0.4 is 5.73 Å². The van der Waals surface area contributed by atoms with E-state index in [0.29, 0.717) is 12.3 Å². The summed E-state index contributed by atoms with van der Waals surface area (Å²) in [5.41, 5.74) is 7.63. The predicted molar refractivity (Wildman–Crippen MR) is 98.5 cm³/mol. The maximum atomic E-state index is 6.08. The Hall–Kier alpha value is -1.59. The molecule has 0 aliphatic carbocycles. The monoisotopic (exact) mass is 373 g/mol. The summed E-state index contributed by atoms with van der Waals surface area (Å²) >= 11 is 5.07. The number of aliphatic imine (C=N–C) groups is 2. The predicted octanol–water partition coefficient (Wildman–Crippen LogP) is 3.98. The Balaban J connectivity index is 2.10. The summed E-state index contributed by atoms with van der Waals surface area (Å²) in [5.74, 6) is 0.517. The Bertz CT molecular complexity index is 743. The van der Waals surface area contributed by atoms with Crippen molar-refractivity contribution in [1.82, 2.24) is 0 Å². The van der Waals surface area contributed by atoms with Gasteiger partial charge in [0.15, 0.2) is 11.5 Å². The second kappa shape index (κ2) is 6.26. The van der Waals surface area contributed by atoms with Gasteiger partial charge in [-0.2, -0.15) is 0 Å². The first-order chi connectivity index (χ1) is 10.6. The van der Waals surface area contributed by atoms with Crippen molar-refractivity contribution in [3.8, 4) is 0 Å². The van der Waals surface area contributed by atoms with Crippen LogP contribution in [0.25, 0.3) is 0 Å². The first-order valence-corrected chi connectivity index (χ1v) is 8.94. The summed E-state index contributed by atoms with van der Waals surface area (Å²) in [6, 6.07) is 18.4. The Labute approximate surface area is 142 Å². The van der Waals surface area contributed by atoms with Crippen molar-refractivity contribution in [2.45, 2.75) is 12.1 Å². The number of nitrogens with two attached hydrogens (primary N) is 1. The molecule has 1 aliphatic heterocycles. The summed E-state index contributed by atoms with van der Waals surface area (Å²) < 4.78 is 1.01. The SMILES string of the molecule is CSC1=NC(Cc2ccccc2)(c2cccc(Br)c2)N=C1N. The molecular weight excluding hydrogens is 358 g/mol. The van der Waals surface area contributed by atoms with E-state index in [-0.39, 0.29) is 0 Å². The van der Waals surface area contributed by atoms with Crippen LogP contribution in [0.3, 0.4) is 0 Å². The topological polar surface area (TPSA) is 50.7 Å². The van der Waals surface area contributed by atoms with E-state index in [2.05, 4.69) is 40.2 Å². The first kappa shape index (κ1) is 15.3. The number of nitrogens with zero attached hydrogens (tertiary/aromatic N) is 2. The molecule has 112 valence electrons. The minimum atomic E-state index is -0.673. The average molecular weight is 374 g/mol. The van der Waals surface area contributed by atoms with E-state index < -0.39 is 5.66 Å². The molecule has 0 saturated carbocycles. The second-order valence-corrected chi connectivity index (χ2v) is 6.82. The normalized spacial score (nSPS) is 20.6. The third-order valence-electron chi connectivity index (χ3n) is 3.58. The van der Waals surface area contributed by atoms with Gasteiger partial charge in [0, 0.05) is 16.5 Å². The van der Waals surface area contributed by atoms with Gasteiger partial charge in [-0.25, -0.2) is 9.98 Å². The molecule has 2 aromatic rings. The van der Waals surface area contributed by atoms with Crippen LogP contribution in [0.1, 0.15) is 11.1 Å². The zero-order valence-electron chi connectivity index (χ0n) is 12.2. The van der Waals surface area contributed by atoms with Crippen molar-refractivity contribution in [3.63, 3.8) is 0 Å². The van der Waals surface area contributed by atoms with E-state index >= 15 is 0 Å². The highest BCUT2D eigenvalue weighted by atomic mass is 79.9. The number of amidine groups is 1. The van der Waals surface area contributed by atoms with Crippen molar-refractivity contribution in [1.29, 1.82) is 0 Å². The third kappa shape index (κ3) is 2.96. The Kier molecular flexibility index (Phi) is 4.36. The molecule has 0 saturated heterocycles.